The van der Waals surface area contributed by atoms with Gasteiger partial charge in [0, 0.05) is 29.8 Å². The van der Waals surface area contributed by atoms with E-state index in [-0.39, 0.29) is 5.82 Å². The number of thiazole rings is 1. The van der Waals surface area contributed by atoms with Crippen molar-refractivity contribution in [1.29, 1.82) is 0 Å². The van der Waals surface area contributed by atoms with Gasteiger partial charge in [0.15, 0.2) is 0 Å². The summed E-state index contributed by atoms with van der Waals surface area (Å²) < 4.78 is 13.0. The molecule has 0 radical (unpaired) electrons. The van der Waals surface area contributed by atoms with E-state index in [1.54, 1.807) is 48.1 Å². The van der Waals surface area contributed by atoms with Crippen molar-refractivity contribution in [3.8, 4) is 10.4 Å². The van der Waals surface area contributed by atoms with Gasteiger partial charge in [-0.2, -0.15) is 0 Å². The minimum atomic E-state index is -0.256. The van der Waals surface area contributed by atoms with Crippen LogP contribution in [0.5, 0.6) is 0 Å². The van der Waals surface area contributed by atoms with Crippen molar-refractivity contribution in [2.24, 2.45) is 0 Å². The summed E-state index contributed by atoms with van der Waals surface area (Å²) in [5.41, 5.74) is 2.67. The fourth-order valence-electron chi connectivity index (χ4n) is 1.90. The van der Waals surface area contributed by atoms with Crippen LogP contribution in [0.3, 0.4) is 0 Å². The molecule has 0 spiro atoms. The molecule has 2 aromatic heterocycles. The Morgan fingerprint density at radius 1 is 1.14 bits per heavy atom. The summed E-state index contributed by atoms with van der Waals surface area (Å²) in [5.74, 6) is -0.256. The summed E-state index contributed by atoms with van der Waals surface area (Å²) in [6, 6.07) is 8.12. The van der Waals surface area contributed by atoms with Crippen LogP contribution in [0.4, 0.5) is 15.8 Å². The topological polar surface area (TPSA) is 37.8 Å². The molecule has 2 heterocycles. The van der Waals surface area contributed by atoms with E-state index in [1.807, 2.05) is 6.07 Å². The SMILES string of the molecule is C=Cc1ncc(-c2cnccc2Nc2ccc(F)cc2)s1. The normalized spacial score (nSPS) is 10.3. The largest absolute Gasteiger partial charge is 0.355 e. The average molecular weight is 297 g/mol. The Kier molecular flexibility index (Phi) is 3.75. The molecular formula is C16H12FN3S. The average Bonchev–Trinajstić information content (AvgIpc) is 2.99. The van der Waals surface area contributed by atoms with Gasteiger partial charge in [0.25, 0.3) is 0 Å². The quantitative estimate of drug-likeness (QED) is 0.756. The standard InChI is InChI=1S/C16H12FN3S/c1-2-16-19-10-15(21-16)13-9-18-8-7-14(13)20-12-5-3-11(17)4-6-12/h2-10H,1H2,(H,18,20). The highest BCUT2D eigenvalue weighted by atomic mass is 32.1. The Hall–Kier alpha value is -2.53. The maximum absolute atomic E-state index is 13.0. The summed E-state index contributed by atoms with van der Waals surface area (Å²) >= 11 is 1.54. The van der Waals surface area contributed by atoms with E-state index in [2.05, 4.69) is 21.9 Å². The lowest BCUT2D eigenvalue weighted by atomic mass is 10.2. The highest BCUT2D eigenvalue weighted by Crippen LogP contribution is 2.33. The monoisotopic (exact) mass is 297 g/mol. The lowest BCUT2D eigenvalue weighted by Gasteiger charge is -2.10. The van der Waals surface area contributed by atoms with Crippen molar-refractivity contribution in [2.75, 3.05) is 5.32 Å². The maximum Gasteiger partial charge on any atom is 0.123 e. The third-order valence-electron chi connectivity index (χ3n) is 2.91. The molecule has 0 saturated carbocycles. The van der Waals surface area contributed by atoms with Gasteiger partial charge < -0.3 is 5.32 Å². The zero-order chi connectivity index (χ0) is 14.7. The van der Waals surface area contributed by atoms with E-state index in [9.17, 15) is 4.39 Å². The molecule has 0 atom stereocenters. The number of pyridine rings is 1. The molecule has 3 aromatic rings. The van der Waals surface area contributed by atoms with E-state index < -0.39 is 0 Å². The van der Waals surface area contributed by atoms with Gasteiger partial charge >= 0.3 is 0 Å². The number of hydrogen-bond acceptors (Lipinski definition) is 4. The Morgan fingerprint density at radius 3 is 2.67 bits per heavy atom. The number of aromatic nitrogens is 2. The maximum atomic E-state index is 13.0. The molecule has 0 amide bonds. The Bertz CT molecular complexity index is 765. The summed E-state index contributed by atoms with van der Waals surface area (Å²) in [5, 5.41) is 4.13. The minimum absolute atomic E-state index is 0.256. The molecule has 21 heavy (non-hydrogen) atoms. The third kappa shape index (κ3) is 2.98. The van der Waals surface area contributed by atoms with Crippen LogP contribution >= 0.6 is 11.3 Å². The molecule has 3 nitrogen and oxygen atoms in total. The first-order valence-electron chi connectivity index (χ1n) is 6.31. The second-order valence-corrected chi connectivity index (χ2v) is 5.38. The van der Waals surface area contributed by atoms with Crippen molar-refractivity contribution >= 4 is 28.8 Å². The molecule has 1 aromatic carbocycles. The van der Waals surface area contributed by atoms with Crippen molar-refractivity contribution in [3.05, 3.63) is 66.3 Å². The number of anilines is 2. The van der Waals surface area contributed by atoms with Crippen molar-refractivity contribution in [3.63, 3.8) is 0 Å². The molecule has 0 bridgehead atoms. The van der Waals surface area contributed by atoms with Gasteiger partial charge in [0.2, 0.25) is 0 Å². The number of nitrogens with one attached hydrogen (secondary N) is 1. The summed E-state index contributed by atoms with van der Waals surface area (Å²) in [7, 11) is 0. The molecule has 0 aliphatic heterocycles. The fourth-order valence-corrected chi connectivity index (χ4v) is 2.69. The van der Waals surface area contributed by atoms with E-state index in [1.165, 1.54) is 12.1 Å². The Balaban J connectivity index is 1.95. The van der Waals surface area contributed by atoms with Crippen LogP contribution < -0.4 is 5.32 Å². The first-order valence-corrected chi connectivity index (χ1v) is 7.13. The molecule has 5 heteroatoms. The molecule has 0 saturated heterocycles. The predicted molar refractivity (Wildman–Crippen MR) is 85.1 cm³/mol. The van der Waals surface area contributed by atoms with Crippen LogP contribution in [0.15, 0.2) is 55.5 Å². The number of halogens is 1. The first kappa shape index (κ1) is 13.5. The number of hydrogen-bond donors (Lipinski definition) is 1. The highest BCUT2D eigenvalue weighted by molar-refractivity contribution is 7.16. The van der Waals surface area contributed by atoms with Gasteiger partial charge in [-0.25, -0.2) is 9.37 Å². The van der Waals surface area contributed by atoms with Crippen LogP contribution in [0.1, 0.15) is 5.01 Å². The van der Waals surface area contributed by atoms with Gasteiger partial charge in [-0.1, -0.05) is 6.58 Å². The Morgan fingerprint density at radius 2 is 1.95 bits per heavy atom. The second kappa shape index (κ2) is 5.85. The zero-order valence-corrected chi connectivity index (χ0v) is 11.9. The van der Waals surface area contributed by atoms with Gasteiger partial charge in [0.1, 0.15) is 10.8 Å². The molecular weight excluding hydrogens is 285 g/mol. The number of rotatable bonds is 4. The Labute approximate surface area is 125 Å². The molecule has 0 fully saturated rings. The van der Waals surface area contributed by atoms with Crippen LogP contribution in [-0.2, 0) is 0 Å². The van der Waals surface area contributed by atoms with Gasteiger partial charge in [-0.15, -0.1) is 11.3 Å². The van der Waals surface area contributed by atoms with Crippen LogP contribution in [0.2, 0.25) is 0 Å². The number of nitrogens with zero attached hydrogens (tertiary/aromatic N) is 2. The zero-order valence-electron chi connectivity index (χ0n) is 11.1. The minimum Gasteiger partial charge on any atom is -0.355 e. The highest BCUT2D eigenvalue weighted by Gasteiger charge is 2.09. The van der Waals surface area contributed by atoms with E-state index in [4.69, 9.17) is 0 Å². The molecule has 0 aliphatic rings. The van der Waals surface area contributed by atoms with Gasteiger partial charge in [-0.3, -0.25) is 4.98 Å². The van der Waals surface area contributed by atoms with Crippen molar-refractivity contribution < 1.29 is 4.39 Å². The predicted octanol–water partition coefficient (Wildman–Crippen LogP) is 4.73. The van der Waals surface area contributed by atoms with Gasteiger partial charge in [-0.05, 0) is 36.4 Å². The van der Waals surface area contributed by atoms with Crippen LogP contribution in [0.25, 0.3) is 16.5 Å². The fraction of sp³-hybridized carbons (Fsp3) is 0. The third-order valence-corrected chi connectivity index (χ3v) is 3.93. The molecule has 3 rings (SSSR count). The second-order valence-electron chi connectivity index (χ2n) is 4.32. The summed E-state index contributed by atoms with van der Waals surface area (Å²) in [6.07, 6.45) is 7.02. The van der Waals surface area contributed by atoms with E-state index >= 15 is 0 Å². The van der Waals surface area contributed by atoms with Crippen molar-refractivity contribution in [2.45, 2.75) is 0 Å². The molecule has 104 valence electrons. The van der Waals surface area contributed by atoms with Gasteiger partial charge in [0.05, 0.1) is 10.6 Å². The first-order chi connectivity index (χ1) is 10.3. The van der Waals surface area contributed by atoms with Crippen LogP contribution in [0, 0.1) is 5.82 Å². The van der Waals surface area contributed by atoms with Crippen LogP contribution in [-0.4, -0.2) is 9.97 Å². The molecule has 1 N–H and O–H groups in total. The lowest BCUT2D eigenvalue weighted by molar-refractivity contribution is 0.628. The molecule has 0 unspecified atom stereocenters. The lowest BCUT2D eigenvalue weighted by Crippen LogP contribution is -1.93. The summed E-state index contributed by atoms with van der Waals surface area (Å²) in [6.45, 7) is 3.72. The smallest absolute Gasteiger partial charge is 0.123 e. The van der Waals surface area contributed by atoms with Crippen molar-refractivity contribution in [1.82, 2.24) is 9.97 Å². The molecule has 0 aliphatic carbocycles. The van der Waals surface area contributed by atoms with E-state index in [0.717, 1.165) is 26.8 Å². The van der Waals surface area contributed by atoms with E-state index in [0.29, 0.717) is 0 Å². The summed E-state index contributed by atoms with van der Waals surface area (Å²) in [4.78, 5) is 9.43. The number of benzene rings is 1.